The number of ether oxygens (including phenoxy) is 3. The first kappa shape index (κ1) is 36.7. The molecule has 0 aliphatic carbocycles. The summed E-state index contributed by atoms with van der Waals surface area (Å²) in [5.41, 5.74) is 1.55. The number of nitrogens with one attached hydrogen (secondary N) is 1. The van der Waals surface area contributed by atoms with Crippen molar-refractivity contribution in [2.75, 3.05) is 36.5 Å². The summed E-state index contributed by atoms with van der Waals surface area (Å²) in [7, 11) is 1.62. The van der Waals surface area contributed by atoms with Crippen LogP contribution >= 0.6 is 0 Å². The second-order valence-corrected chi connectivity index (χ2v) is 13.6. The highest BCUT2D eigenvalue weighted by atomic mass is 16.5. The lowest BCUT2D eigenvalue weighted by molar-refractivity contribution is -0.120. The van der Waals surface area contributed by atoms with Crippen molar-refractivity contribution < 1.29 is 28.9 Å². The van der Waals surface area contributed by atoms with Gasteiger partial charge in [0.05, 0.1) is 11.4 Å². The zero-order chi connectivity index (χ0) is 39.2. The first-order chi connectivity index (χ1) is 27.8. The van der Waals surface area contributed by atoms with Crippen molar-refractivity contribution in [3.8, 4) is 51.8 Å². The number of fused-ring (bicyclic) bond motifs is 1. The van der Waals surface area contributed by atoms with E-state index >= 15 is 0 Å². The molecule has 1 saturated heterocycles. The number of anilines is 2. The molecule has 2 aliphatic rings. The number of hydrogen-bond acceptors (Lipinski definition) is 10. The zero-order valence-electron chi connectivity index (χ0n) is 31.0. The largest absolute Gasteiger partial charge is 0.489 e. The van der Waals surface area contributed by atoms with Crippen molar-refractivity contribution in [1.82, 2.24) is 20.3 Å². The monoisotopic (exact) mass is 758 g/mol. The number of hydrogen-bond donors (Lipinski definition) is 2. The fourth-order valence-electron chi connectivity index (χ4n) is 6.63. The van der Waals surface area contributed by atoms with Crippen LogP contribution in [0.15, 0.2) is 134 Å². The molecule has 3 aromatic carbocycles. The number of pyridine rings is 3. The van der Waals surface area contributed by atoms with Crippen LogP contribution in [0.4, 0.5) is 11.5 Å². The number of likely N-dealkylation sites (N-methyl/N-ethyl adjacent to an activating group) is 1. The van der Waals surface area contributed by atoms with Gasteiger partial charge in [-0.1, -0.05) is 48.2 Å². The summed E-state index contributed by atoms with van der Waals surface area (Å²) in [6.45, 7) is 0.972. The van der Waals surface area contributed by atoms with Gasteiger partial charge in [-0.15, -0.1) is 0 Å². The van der Waals surface area contributed by atoms with Gasteiger partial charge in [0.15, 0.2) is 0 Å². The summed E-state index contributed by atoms with van der Waals surface area (Å²) in [6.07, 6.45) is 5.73. The molecule has 3 aromatic heterocycles. The van der Waals surface area contributed by atoms with E-state index in [9.17, 15) is 14.7 Å². The SMILES string of the molecule is CN1C(=O)[C@@H](NC(=O)c2cc(Oc3ccccc3)ccn2)COc2ccc(C#CC3(O)CCN(c4ncccc4-c4cc(Oc5ccccc5)ccn4)CC3)cc21. The average molecular weight is 759 g/mol. The molecule has 57 heavy (non-hydrogen) atoms. The van der Waals surface area contributed by atoms with Gasteiger partial charge in [0, 0.05) is 74.8 Å². The van der Waals surface area contributed by atoms with Crippen LogP contribution in [0.1, 0.15) is 28.9 Å². The molecule has 12 nitrogen and oxygen atoms in total. The van der Waals surface area contributed by atoms with Crippen LogP contribution in [-0.2, 0) is 4.79 Å². The summed E-state index contributed by atoms with van der Waals surface area (Å²) in [4.78, 5) is 43.9. The van der Waals surface area contributed by atoms with Gasteiger partial charge in [0.25, 0.3) is 11.8 Å². The Morgan fingerprint density at radius 1 is 0.807 bits per heavy atom. The minimum absolute atomic E-state index is 0.0790. The quantitative estimate of drug-likeness (QED) is 0.162. The maximum absolute atomic E-state index is 13.6. The molecule has 2 N–H and O–H groups in total. The normalized spacial score (nSPS) is 15.9. The minimum atomic E-state index is -1.23. The molecule has 5 heterocycles. The maximum Gasteiger partial charge on any atom is 0.270 e. The van der Waals surface area contributed by atoms with Crippen molar-refractivity contribution in [2.24, 2.45) is 0 Å². The lowest BCUT2D eigenvalue weighted by Crippen LogP contribution is -2.49. The number of nitrogens with zero attached hydrogens (tertiary/aromatic N) is 5. The molecular formula is C45H38N6O6. The Balaban J connectivity index is 0.910. The molecule has 1 atom stereocenters. The van der Waals surface area contributed by atoms with Gasteiger partial charge in [-0.25, -0.2) is 4.98 Å². The Morgan fingerprint density at radius 2 is 1.49 bits per heavy atom. The highest BCUT2D eigenvalue weighted by Crippen LogP contribution is 2.35. The van der Waals surface area contributed by atoms with Crippen LogP contribution < -0.4 is 29.3 Å². The van der Waals surface area contributed by atoms with E-state index in [4.69, 9.17) is 19.2 Å². The smallest absolute Gasteiger partial charge is 0.270 e. The van der Waals surface area contributed by atoms with E-state index in [1.54, 1.807) is 55.8 Å². The topological polar surface area (TPSA) is 139 Å². The highest BCUT2D eigenvalue weighted by Gasteiger charge is 2.33. The van der Waals surface area contributed by atoms with E-state index in [0.717, 1.165) is 22.8 Å². The van der Waals surface area contributed by atoms with Gasteiger partial charge in [0.1, 0.15) is 58.5 Å². The van der Waals surface area contributed by atoms with Gasteiger partial charge >= 0.3 is 0 Å². The summed E-state index contributed by atoms with van der Waals surface area (Å²) in [5.74, 6) is 9.00. The van der Waals surface area contributed by atoms with E-state index in [1.165, 1.54) is 17.2 Å². The standard InChI is InChI=1S/C45H38N6O6/c1-50-40-27-31(14-15-41(40)55-30-39(44(50)53)49-43(52)38-29-35(18-24-47-38)57-33-11-6-3-7-12-33)16-19-45(54)20-25-51(26-21-45)42-36(13-8-22-48-42)37-28-34(17-23-46-37)56-32-9-4-2-5-10-32/h2-15,17-18,22-24,27-29,39,54H,20-21,25-26,30H2,1H3,(H,49,52)/t39-/m0/s1. The summed E-state index contributed by atoms with van der Waals surface area (Å²) in [6, 6.07) is 33.8. The molecule has 284 valence electrons. The van der Waals surface area contributed by atoms with Crippen LogP contribution in [0.25, 0.3) is 11.3 Å². The fraction of sp³-hybridized carbons (Fsp3) is 0.178. The molecule has 2 amide bonds. The molecule has 12 heteroatoms. The number of rotatable bonds is 8. The Hall–Kier alpha value is -7.23. The highest BCUT2D eigenvalue weighted by molar-refractivity contribution is 6.03. The number of carbonyl (C=O) groups excluding carboxylic acids is 2. The van der Waals surface area contributed by atoms with Crippen molar-refractivity contribution in [1.29, 1.82) is 0 Å². The summed E-state index contributed by atoms with van der Waals surface area (Å²) >= 11 is 0. The van der Waals surface area contributed by atoms with Gasteiger partial charge < -0.3 is 34.4 Å². The third-order valence-electron chi connectivity index (χ3n) is 9.71. The predicted molar refractivity (Wildman–Crippen MR) is 215 cm³/mol. The van der Waals surface area contributed by atoms with Crippen molar-refractivity contribution in [3.63, 3.8) is 0 Å². The number of benzene rings is 3. The van der Waals surface area contributed by atoms with Gasteiger partial charge in [-0.2, -0.15) is 0 Å². The van der Waals surface area contributed by atoms with E-state index in [0.29, 0.717) is 60.2 Å². The van der Waals surface area contributed by atoms with Crippen LogP contribution in [-0.4, -0.2) is 70.3 Å². The van der Waals surface area contributed by atoms with Crippen LogP contribution in [0, 0.1) is 11.8 Å². The first-order valence-electron chi connectivity index (χ1n) is 18.5. The lowest BCUT2D eigenvalue weighted by Gasteiger charge is -2.36. The molecule has 1 fully saturated rings. The van der Waals surface area contributed by atoms with Gasteiger partial charge in [0.2, 0.25) is 0 Å². The number of carbonyl (C=O) groups is 2. The molecular weight excluding hydrogens is 721 g/mol. The average Bonchev–Trinajstić information content (AvgIpc) is 3.36. The zero-order valence-corrected chi connectivity index (χ0v) is 31.0. The van der Waals surface area contributed by atoms with Gasteiger partial charge in [-0.05, 0) is 66.7 Å². The third-order valence-corrected chi connectivity index (χ3v) is 9.71. The van der Waals surface area contributed by atoms with E-state index in [2.05, 4.69) is 32.0 Å². The van der Waals surface area contributed by atoms with Crippen molar-refractivity contribution in [3.05, 3.63) is 145 Å². The molecule has 0 unspecified atom stereocenters. The van der Waals surface area contributed by atoms with Crippen LogP contribution in [0.3, 0.4) is 0 Å². The fourth-order valence-corrected chi connectivity index (χ4v) is 6.63. The molecule has 0 spiro atoms. The molecule has 0 radical (unpaired) electrons. The van der Waals surface area contributed by atoms with E-state index in [-0.39, 0.29) is 18.2 Å². The predicted octanol–water partition coefficient (Wildman–Crippen LogP) is 6.66. The second kappa shape index (κ2) is 16.2. The summed E-state index contributed by atoms with van der Waals surface area (Å²) in [5, 5.41) is 14.3. The molecule has 6 aromatic rings. The lowest BCUT2D eigenvalue weighted by atomic mass is 9.91. The molecule has 8 rings (SSSR count). The summed E-state index contributed by atoms with van der Waals surface area (Å²) < 4.78 is 17.9. The third kappa shape index (κ3) is 8.54. The van der Waals surface area contributed by atoms with Crippen LogP contribution in [0.2, 0.25) is 0 Å². The number of para-hydroxylation sites is 2. The molecule has 2 aliphatic heterocycles. The number of aliphatic hydroxyl groups is 1. The Morgan fingerprint density at radius 3 is 2.21 bits per heavy atom. The number of amides is 2. The molecule has 0 bridgehead atoms. The Kier molecular flexibility index (Phi) is 10.5. The van der Waals surface area contributed by atoms with Gasteiger partial charge in [-0.3, -0.25) is 19.6 Å². The van der Waals surface area contributed by atoms with E-state index < -0.39 is 17.6 Å². The Bertz CT molecular complexity index is 2460. The van der Waals surface area contributed by atoms with Crippen molar-refractivity contribution in [2.45, 2.75) is 24.5 Å². The Labute approximate surface area is 329 Å². The number of piperidine rings is 1. The van der Waals surface area contributed by atoms with Crippen LogP contribution in [0.5, 0.6) is 28.7 Å². The number of aromatic nitrogens is 3. The second-order valence-electron chi connectivity index (χ2n) is 13.6. The first-order valence-corrected chi connectivity index (χ1v) is 18.5. The van der Waals surface area contributed by atoms with Crippen molar-refractivity contribution >= 4 is 23.3 Å². The maximum atomic E-state index is 13.6. The van der Waals surface area contributed by atoms with E-state index in [1.807, 2.05) is 72.8 Å². The minimum Gasteiger partial charge on any atom is -0.489 e. The molecule has 0 saturated carbocycles.